The second-order valence-corrected chi connectivity index (χ2v) is 5.66. The van der Waals surface area contributed by atoms with Gasteiger partial charge in [-0.3, -0.25) is 14.4 Å². The van der Waals surface area contributed by atoms with E-state index in [1.165, 1.54) is 6.20 Å². The number of amides is 1. The maximum absolute atomic E-state index is 12.6. The fraction of sp³-hybridized carbons (Fsp3) is 0.353. The minimum atomic E-state index is -1.02. The van der Waals surface area contributed by atoms with E-state index in [0.717, 1.165) is 5.56 Å². The number of benzene rings is 1. The van der Waals surface area contributed by atoms with Crippen LogP contribution >= 0.6 is 0 Å². The number of carboxylic acid groups (broad SMARTS) is 1. The van der Waals surface area contributed by atoms with E-state index < -0.39 is 17.3 Å². The van der Waals surface area contributed by atoms with Gasteiger partial charge in [-0.15, -0.1) is 0 Å². The van der Waals surface area contributed by atoms with Crippen molar-refractivity contribution in [1.29, 1.82) is 0 Å². The summed E-state index contributed by atoms with van der Waals surface area (Å²) >= 11 is 0. The maximum atomic E-state index is 12.6. The van der Waals surface area contributed by atoms with Crippen molar-refractivity contribution >= 4 is 22.8 Å². The van der Waals surface area contributed by atoms with Crippen molar-refractivity contribution in [1.82, 2.24) is 9.88 Å². The van der Waals surface area contributed by atoms with Gasteiger partial charge >= 0.3 is 5.97 Å². The number of aryl methyl sites for hydroxylation is 1. The summed E-state index contributed by atoms with van der Waals surface area (Å²) in [7, 11) is 0. The molecule has 1 heterocycles. The number of carbonyl (C=O) groups excluding carboxylic acids is 1. The van der Waals surface area contributed by atoms with Crippen LogP contribution in [0.1, 0.15) is 28.8 Å². The summed E-state index contributed by atoms with van der Waals surface area (Å²) in [5.74, 6) is -1.61. The molecule has 6 N–H and O–H groups in total. The summed E-state index contributed by atoms with van der Waals surface area (Å²) in [4.78, 5) is 35.5. The van der Waals surface area contributed by atoms with Crippen LogP contribution in [-0.2, 0) is 17.9 Å². The van der Waals surface area contributed by atoms with E-state index in [1.54, 1.807) is 12.1 Å². The molecule has 1 aromatic carbocycles. The predicted molar refractivity (Wildman–Crippen MR) is 94.4 cm³/mol. The molecule has 2 rings (SSSR count). The van der Waals surface area contributed by atoms with E-state index in [1.807, 2.05) is 10.6 Å². The molecule has 0 fully saturated rings. The average molecular weight is 346 g/mol. The van der Waals surface area contributed by atoms with E-state index in [0.29, 0.717) is 37.0 Å². The van der Waals surface area contributed by atoms with Crippen molar-refractivity contribution in [2.24, 2.45) is 11.5 Å². The van der Waals surface area contributed by atoms with Gasteiger partial charge in [0.1, 0.15) is 5.56 Å². The van der Waals surface area contributed by atoms with Crippen LogP contribution in [0.2, 0.25) is 0 Å². The number of hydrogen-bond acceptors (Lipinski definition) is 5. The molecule has 0 radical (unpaired) electrons. The zero-order valence-corrected chi connectivity index (χ0v) is 13.8. The van der Waals surface area contributed by atoms with Crippen molar-refractivity contribution < 1.29 is 14.7 Å². The van der Waals surface area contributed by atoms with Gasteiger partial charge in [0.25, 0.3) is 5.91 Å². The van der Waals surface area contributed by atoms with Gasteiger partial charge < -0.3 is 26.5 Å². The molecule has 0 spiro atoms. The molecule has 0 aliphatic rings. The Bertz CT molecular complexity index is 844. The Morgan fingerprint density at radius 1 is 1.24 bits per heavy atom. The summed E-state index contributed by atoms with van der Waals surface area (Å²) in [5, 5.41) is 11.5. The number of carboxylic acids is 1. The topological polar surface area (TPSA) is 140 Å². The molecular formula is C17H22N4O4. The van der Waals surface area contributed by atoms with E-state index >= 15 is 0 Å². The molecule has 2 aromatic rings. The van der Waals surface area contributed by atoms with Gasteiger partial charge in [-0.05, 0) is 30.7 Å². The van der Waals surface area contributed by atoms with Crippen LogP contribution in [0.25, 0.3) is 10.9 Å². The standard InChI is InChI=1S/C17H22N4O4/c18-5-1-7-21-10-13(17(25)20-6-4-15(22)23)16(24)12-3-2-11(9-19)8-14(12)21/h2-3,8,10H,1,4-7,9,18-19H2,(H,20,25)(H,22,23). The first-order chi connectivity index (χ1) is 12.0. The number of nitrogens with two attached hydrogens (primary N) is 2. The van der Waals surface area contributed by atoms with Crippen molar-refractivity contribution in [3.8, 4) is 0 Å². The van der Waals surface area contributed by atoms with Gasteiger partial charge in [0.05, 0.1) is 11.9 Å². The lowest BCUT2D eigenvalue weighted by Gasteiger charge is -2.14. The Kier molecular flexibility index (Phi) is 6.26. The quantitative estimate of drug-likeness (QED) is 0.531. The number of nitrogens with zero attached hydrogens (tertiary/aromatic N) is 1. The Hall–Kier alpha value is -2.71. The Labute approximate surface area is 144 Å². The van der Waals surface area contributed by atoms with Crippen LogP contribution in [-0.4, -0.2) is 34.6 Å². The number of fused-ring (bicyclic) bond motifs is 1. The number of carbonyl (C=O) groups is 2. The molecule has 0 aliphatic carbocycles. The second-order valence-electron chi connectivity index (χ2n) is 5.66. The normalized spacial score (nSPS) is 10.8. The Morgan fingerprint density at radius 2 is 2.00 bits per heavy atom. The lowest BCUT2D eigenvalue weighted by Crippen LogP contribution is -2.31. The summed E-state index contributed by atoms with van der Waals surface area (Å²) in [6, 6.07) is 5.25. The van der Waals surface area contributed by atoms with Gasteiger partial charge in [-0.2, -0.15) is 0 Å². The fourth-order valence-electron chi connectivity index (χ4n) is 2.55. The molecule has 0 aliphatic heterocycles. The number of pyridine rings is 1. The highest BCUT2D eigenvalue weighted by Gasteiger charge is 2.16. The largest absolute Gasteiger partial charge is 0.481 e. The molecule has 8 nitrogen and oxygen atoms in total. The molecule has 0 saturated carbocycles. The molecular weight excluding hydrogens is 324 g/mol. The zero-order valence-electron chi connectivity index (χ0n) is 13.8. The minimum absolute atomic E-state index is 0.0181. The highest BCUT2D eigenvalue weighted by Crippen LogP contribution is 2.15. The summed E-state index contributed by atoms with van der Waals surface area (Å²) in [5.41, 5.74) is 12.4. The van der Waals surface area contributed by atoms with Crippen LogP contribution in [0.5, 0.6) is 0 Å². The van der Waals surface area contributed by atoms with Crippen molar-refractivity contribution in [3.05, 3.63) is 45.7 Å². The third kappa shape index (κ3) is 4.43. The van der Waals surface area contributed by atoms with E-state index in [4.69, 9.17) is 16.6 Å². The number of rotatable bonds is 8. The molecule has 0 atom stereocenters. The Morgan fingerprint density at radius 3 is 2.64 bits per heavy atom. The summed E-state index contributed by atoms with van der Waals surface area (Å²) < 4.78 is 1.81. The van der Waals surface area contributed by atoms with E-state index in [-0.39, 0.29) is 18.5 Å². The van der Waals surface area contributed by atoms with Crippen molar-refractivity contribution in [2.45, 2.75) is 25.9 Å². The third-order valence-corrected chi connectivity index (χ3v) is 3.85. The van der Waals surface area contributed by atoms with Crippen LogP contribution < -0.4 is 22.2 Å². The fourth-order valence-corrected chi connectivity index (χ4v) is 2.55. The first-order valence-corrected chi connectivity index (χ1v) is 8.04. The minimum Gasteiger partial charge on any atom is -0.481 e. The summed E-state index contributed by atoms with van der Waals surface area (Å²) in [6.07, 6.45) is 1.97. The number of aromatic nitrogens is 1. The van der Waals surface area contributed by atoms with E-state index in [2.05, 4.69) is 5.32 Å². The van der Waals surface area contributed by atoms with Crippen LogP contribution in [0.4, 0.5) is 0 Å². The van der Waals surface area contributed by atoms with Gasteiger partial charge in [0.2, 0.25) is 5.43 Å². The molecule has 134 valence electrons. The third-order valence-electron chi connectivity index (χ3n) is 3.85. The first kappa shape index (κ1) is 18.6. The molecule has 8 heteroatoms. The van der Waals surface area contributed by atoms with E-state index in [9.17, 15) is 14.4 Å². The summed E-state index contributed by atoms with van der Waals surface area (Å²) in [6.45, 7) is 1.33. The first-order valence-electron chi connectivity index (χ1n) is 8.04. The van der Waals surface area contributed by atoms with Crippen LogP contribution in [0.3, 0.4) is 0 Å². The van der Waals surface area contributed by atoms with Crippen molar-refractivity contribution in [2.75, 3.05) is 13.1 Å². The van der Waals surface area contributed by atoms with Gasteiger partial charge in [-0.25, -0.2) is 0 Å². The lowest BCUT2D eigenvalue weighted by molar-refractivity contribution is -0.136. The molecule has 25 heavy (non-hydrogen) atoms. The number of nitrogens with one attached hydrogen (secondary N) is 1. The smallest absolute Gasteiger partial charge is 0.305 e. The van der Waals surface area contributed by atoms with Crippen LogP contribution in [0.15, 0.2) is 29.2 Å². The molecule has 1 amide bonds. The highest BCUT2D eigenvalue weighted by atomic mass is 16.4. The second kappa shape index (κ2) is 8.41. The predicted octanol–water partition coefficient (Wildman–Crippen LogP) is 0.0135. The highest BCUT2D eigenvalue weighted by molar-refractivity contribution is 5.97. The van der Waals surface area contributed by atoms with Gasteiger partial charge in [-0.1, -0.05) is 6.07 Å². The Balaban J connectivity index is 2.46. The maximum Gasteiger partial charge on any atom is 0.305 e. The van der Waals surface area contributed by atoms with Crippen LogP contribution in [0, 0.1) is 0 Å². The molecule has 1 aromatic heterocycles. The lowest BCUT2D eigenvalue weighted by atomic mass is 10.1. The number of aliphatic carboxylic acids is 1. The van der Waals surface area contributed by atoms with Gasteiger partial charge in [0, 0.05) is 31.2 Å². The molecule has 0 bridgehead atoms. The number of hydrogen-bond donors (Lipinski definition) is 4. The SMILES string of the molecule is NCCCn1cc(C(=O)NCCC(=O)O)c(=O)c2ccc(CN)cc21. The average Bonchev–Trinajstić information content (AvgIpc) is 2.60. The molecule has 0 saturated heterocycles. The monoisotopic (exact) mass is 346 g/mol. The van der Waals surface area contributed by atoms with Crippen molar-refractivity contribution in [3.63, 3.8) is 0 Å². The molecule has 0 unspecified atom stereocenters. The van der Waals surface area contributed by atoms with Gasteiger partial charge in [0.15, 0.2) is 0 Å². The zero-order chi connectivity index (χ0) is 18.4.